The molecule has 0 aliphatic carbocycles. The van der Waals surface area contributed by atoms with Crippen LogP contribution in [0, 0.1) is 32.1 Å². The number of aromatic nitrogens is 2. The van der Waals surface area contributed by atoms with Crippen LogP contribution < -0.4 is 0 Å². The highest BCUT2D eigenvalue weighted by Gasteiger charge is 2.28. The van der Waals surface area contributed by atoms with E-state index in [1.807, 2.05) is 19.1 Å². The van der Waals surface area contributed by atoms with Gasteiger partial charge in [0.05, 0.1) is 0 Å². The zero-order valence-corrected chi connectivity index (χ0v) is 14.9. The summed E-state index contributed by atoms with van der Waals surface area (Å²) < 4.78 is 25.5. The monoisotopic (exact) mass is 346 g/mol. The highest BCUT2D eigenvalue weighted by Crippen LogP contribution is 2.22. The summed E-state index contributed by atoms with van der Waals surface area (Å²) in [6, 6.07) is 5.46. The molecule has 0 bridgehead atoms. The van der Waals surface area contributed by atoms with Crippen molar-refractivity contribution >= 4 is 15.8 Å². The fourth-order valence-electron chi connectivity index (χ4n) is 2.57. The highest BCUT2D eigenvalue weighted by molar-refractivity contribution is 7.89. The first-order chi connectivity index (χ1) is 11.1. The van der Waals surface area contributed by atoms with E-state index in [0.717, 1.165) is 21.0 Å². The van der Waals surface area contributed by atoms with Crippen molar-refractivity contribution in [2.75, 3.05) is 14.1 Å². The molecular formula is C16H18N4O3S. The van der Waals surface area contributed by atoms with E-state index in [1.54, 1.807) is 19.9 Å². The third-order valence-corrected chi connectivity index (χ3v) is 5.41. The summed E-state index contributed by atoms with van der Waals surface area (Å²) in [6.07, 6.45) is 0. The molecule has 1 aromatic carbocycles. The molecule has 1 aromatic heterocycles. The van der Waals surface area contributed by atoms with E-state index in [0.29, 0.717) is 5.56 Å². The lowest BCUT2D eigenvalue weighted by molar-refractivity contribution is 0.102. The van der Waals surface area contributed by atoms with Gasteiger partial charge in [0.1, 0.15) is 6.07 Å². The lowest BCUT2D eigenvalue weighted by Crippen LogP contribution is -2.23. The predicted molar refractivity (Wildman–Crippen MR) is 88.3 cm³/mol. The number of aromatic amines is 1. The first kappa shape index (κ1) is 17.8. The molecule has 8 heteroatoms. The molecule has 0 aliphatic heterocycles. The normalized spacial score (nSPS) is 11.5. The largest absolute Gasteiger partial charge is 0.324 e. The van der Waals surface area contributed by atoms with Crippen molar-refractivity contribution in [3.63, 3.8) is 0 Å². The Hall–Kier alpha value is -2.50. The summed E-state index contributed by atoms with van der Waals surface area (Å²) >= 11 is 0. The summed E-state index contributed by atoms with van der Waals surface area (Å²) in [5, 5.41) is 8.77. The molecule has 0 aliphatic rings. The van der Waals surface area contributed by atoms with Gasteiger partial charge in [-0.3, -0.25) is 4.79 Å². The third kappa shape index (κ3) is 2.96. The molecule has 7 nitrogen and oxygen atoms in total. The van der Waals surface area contributed by atoms with Crippen molar-refractivity contribution < 1.29 is 13.2 Å². The second kappa shape index (κ2) is 6.19. The molecule has 0 atom stereocenters. The maximum absolute atomic E-state index is 12.8. The van der Waals surface area contributed by atoms with E-state index in [4.69, 9.17) is 5.26 Å². The van der Waals surface area contributed by atoms with E-state index in [1.165, 1.54) is 14.1 Å². The number of ketones is 1. The first-order valence-electron chi connectivity index (χ1n) is 7.14. The van der Waals surface area contributed by atoms with E-state index < -0.39 is 15.8 Å². The Labute approximate surface area is 141 Å². The van der Waals surface area contributed by atoms with E-state index in [-0.39, 0.29) is 16.5 Å². The Morgan fingerprint density at radius 3 is 2.21 bits per heavy atom. The Bertz CT molecular complexity index is 943. The SMILES string of the molecule is Cc1cc(C)c(C(=O)c2nc(C#N)c(S(=O)(=O)N(C)C)[nH]2)c(C)c1. The van der Waals surface area contributed by atoms with Gasteiger partial charge in [0.15, 0.2) is 16.5 Å². The van der Waals surface area contributed by atoms with Gasteiger partial charge in [-0.05, 0) is 31.9 Å². The number of carbonyl (C=O) groups is 1. The molecule has 0 spiro atoms. The van der Waals surface area contributed by atoms with Gasteiger partial charge in [0.25, 0.3) is 10.0 Å². The van der Waals surface area contributed by atoms with Crippen molar-refractivity contribution in [1.82, 2.24) is 14.3 Å². The van der Waals surface area contributed by atoms with Crippen molar-refractivity contribution in [3.05, 3.63) is 45.9 Å². The van der Waals surface area contributed by atoms with Crippen LogP contribution in [-0.2, 0) is 10.0 Å². The summed E-state index contributed by atoms with van der Waals surface area (Å²) in [5.74, 6) is -0.608. The summed E-state index contributed by atoms with van der Waals surface area (Å²) in [4.78, 5) is 19.2. The van der Waals surface area contributed by atoms with Crippen molar-refractivity contribution in [3.8, 4) is 6.07 Å². The molecule has 24 heavy (non-hydrogen) atoms. The first-order valence-corrected chi connectivity index (χ1v) is 8.58. The number of hydrogen-bond acceptors (Lipinski definition) is 5. The third-order valence-electron chi connectivity index (χ3n) is 3.63. The number of hydrogen-bond donors (Lipinski definition) is 1. The molecule has 1 N–H and O–H groups in total. The highest BCUT2D eigenvalue weighted by atomic mass is 32.2. The van der Waals surface area contributed by atoms with Gasteiger partial charge in [0.2, 0.25) is 5.78 Å². The number of sulfonamides is 1. The lowest BCUT2D eigenvalue weighted by Gasteiger charge is -2.10. The minimum atomic E-state index is -3.90. The van der Waals surface area contributed by atoms with E-state index in [2.05, 4.69) is 9.97 Å². The zero-order chi connectivity index (χ0) is 18.2. The Morgan fingerprint density at radius 1 is 1.21 bits per heavy atom. The molecule has 126 valence electrons. The molecule has 0 amide bonds. The number of carbonyl (C=O) groups excluding carboxylic acids is 1. The van der Waals surface area contributed by atoms with E-state index in [9.17, 15) is 13.2 Å². The molecule has 0 saturated carbocycles. The van der Waals surface area contributed by atoms with Crippen LogP contribution in [0.3, 0.4) is 0 Å². The predicted octanol–water partition coefficient (Wildman–Crippen LogP) is 1.69. The van der Waals surface area contributed by atoms with Crippen LogP contribution in [0.2, 0.25) is 0 Å². The molecule has 0 unspecified atom stereocenters. The van der Waals surface area contributed by atoms with Crippen LogP contribution in [0.4, 0.5) is 0 Å². The zero-order valence-electron chi connectivity index (χ0n) is 14.1. The molecule has 2 rings (SSSR count). The molecule has 2 aromatic rings. The smallest absolute Gasteiger partial charge is 0.261 e. The minimum absolute atomic E-state index is 0.165. The van der Waals surface area contributed by atoms with Gasteiger partial charge in [-0.2, -0.15) is 5.26 Å². The molecule has 0 radical (unpaired) electrons. The van der Waals surface area contributed by atoms with Crippen LogP contribution >= 0.6 is 0 Å². The summed E-state index contributed by atoms with van der Waals surface area (Å²) in [7, 11) is -1.22. The Kier molecular flexibility index (Phi) is 4.60. The fourth-order valence-corrected chi connectivity index (χ4v) is 3.49. The maximum Gasteiger partial charge on any atom is 0.261 e. The van der Waals surface area contributed by atoms with Crippen molar-refractivity contribution in [2.45, 2.75) is 25.8 Å². The topological polar surface area (TPSA) is 107 Å². The van der Waals surface area contributed by atoms with Gasteiger partial charge in [-0.15, -0.1) is 0 Å². The number of benzene rings is 1. The van der Waals surface area contributed by atoms with Gasteiger partial charge in [-0.1, -0.05) is 17.7 Å². The molecular weight excluding hydrogens is 328 g/mol. The van der Waals surface area contributed by atoms with Crippen LogP contribution in [0.5, 0.6) is 0 Å². The summed E-state index contributed by atoms with van der Waals surface area (Å²) in [6.45, 7) is 5.54. The van der Waals surface area contributed by atoms with Crippen LogP contribution in [0.15, 0.2) is 17.2 Å². The van der Waals surface area contributed by atoms with Crippen molar-refractivity contribution in [2.24, 2.45) is 0 Å². The van der Waals surface area contributed by atoms with Crippen molar-refractivity contribution in [1.29, 1.82) is 5.26 Å². The average Bonchev–Trinajstić information content (AvgIpc) is 2.90. The fraction of sp³-hybridized carbons (Fsp3) is 0.312. The lowest BCUT2D eigenvalue weighted by atomic mass is 9.96. The van der Waals surface area contributed by atoms with Crippen LogP contribution in [-0.4, -0.2) is 42.6 Å². The van der Waals surface area contributed by atoms with Crippen LogP contribution in [0.25, 0.3) is 0 Å². The van der Waals surface area contributed by atoms with Gasteiger partial charge >= 0.3 is 0 Å². The standard InChI is InChI=1S/C16H18N4O3S/c1-9-6-10(2)13(11(3)7-9)14(21)15-18-12(8-17)16(19-15)24(22,23)20(4)5/h6-7H,1-5H3,(H,18,19). The number of aryl methyl sites for hydroxylation is 3. The quantitative estimate of drug-likeness (QED) is 0.848. The maximum atomic E-state index is 12.8. The van der Waals surface area contributed by atoms with Gasteiger partial charge in [0, 0.05) is 19.7 Å². The number of imidazole rings is 1. The second-order valence-corrected chi connectivity index (χ2v) is 7.85. The molecule has 0 fully saturated rings. The Morgan fingerprint density at radius 2 is 1.75 bits per heavy atom. The second-order valence-electron chi connectivity index (χ2n) is 5.77. The van der Waals surface area contributed by atoms with E-state index >= 15 is 0 Å². The van der Waals surface area contributed by atoms with Gasteiger partial charge < -0.3 is 4.98 Å². The Balaban J connectivity index is 2.62. The minimum Gasteiger partial charge on any atom is -0.324 e. The van der Waals surface area contributed by atoms with Crippen LogP contribution in [0.1, 0.15) is 38.6 Å². The average molecular weight is 346 g/mol. The molecule has 0 saturated heterocycles. The summed E-state index contributed by atoms with van der Waals surface area (Å²) in [5.41, 5.74) is 2.69. The number of rotatable bonds is 4. The molecule has 1 heterocycles. The number of nitriles is 1. The van der Waals surface area contributed by atoms with Gasteiger partial charge in [-0.25, -0.2) is 17.7 Å². The number of H-pyrrole nitrogens is 1. The number of nitrogens with one attached hydrogen (secondary N) is 1. The number of nitrogens with zero attached hydrogens (tertiary/aromatic N) is 3.